The molecule has 4 heteroatoms. The highest BCUT2D eigenvalue weighted by atomic mass is 16.5. The number of methoxy groups -OCH3 is 1. The van der Waals surface area contributed by atoms with Gasteiger partial charge in [-0.1, -0.05) is 19.1 Å². The van der Waals surface area contributed by atoms with Crippen molar-refractivity contribution in [3.05, 3.63) is 59.9 Å². The molecule has 4 nitrogen and oxygen atoms in total. The van der Waals surface area contributed by atoms with Crippen LogP contribution in [0.15, 0.2) is 53.1 Å². The van der Waals surface area contributed by atoms with Crippen molar-refractivity contribution < 1.29 is 13.9 Å². The summed E-state index contributed by atoms with van der Waals surface area (Å²) in [5, 5.41) is 3.88. The van der Waals surface area contributed by atoms with Crippen LogP contribution in [0.2, 0.25) is 0 Å². The molecule has 0 aliphatic rings. The van der Waals surface area contributed by atoms with Crippen LogP contribution in [0, 0.1) is 0 Å². The van der Waals surface area contributed by atoms with Crippen molar-refractivity contribution in [1.29, 1.82) is 0 Å². The van der Waals surface area contributed by atoms with Crippen LogP contribution in [0.4, 0.5) is 5.69 Å². The van der Waals surface area contributed by atoms with Crippen LogP contribution >= 0.6 is 0 Å². The van der Waals surface area contributed by atoms with E-state index < -0.39 is 0 Å². The van der Waals surface area contributed by atoms with Crippen LogP contribution in [0.3, 0.4) is 0 Å². The Bertz CT molecular complexity index is 818. The average Bonchev–Trinajstić information content (AvgIpc) is 2.97. The molecule has 3 rings (SSSR count). The van der Waals surface area contributed by atoms with Gasteiger partial charge < -0.3 is 14.5 Å². The van der Waals surface area contributed by atoms with Crippen molar-refractivity contribution in [2.75, 3.05) is 12.4 Å². The Morgan fingerprint density at radius 2 is 1.96 bits per heavy atom. The summed E-state index contributed by atoms with van der Waals surface area (Å²) in [6, 6.07) is 13.4. The van der Waals surface area contributed by atoms with Gasteiger partial charge in [-0.3, -0.25) is 4.79 Å². The van der Waals surface area contributed by atoms with Crippen LogP contribution in [-0.4, -0.2) is 13.0 Å². The first-order chi connectivity index (χ1) is 11.2. The highest BCUT2D eigenvalue weighted by Gasteiger charge is 2.11. The monoisotopic (exact) mass is 309 g/mol. The molecular weight excluding hydrogens is 290 g/mol. The number of ether oxygens (including phenoxy) is 1. The molecule has 2 aromatic carbocycles. The second-order valence-electron chi connectivity index (χ2n) is 5.40. The summed E-state index contributed by atoms with van der Waals surface area (Å²) in [5.41, 5.74) is 3.70. The number of hydrogen-bond acceptors (Lipinski definition) is 3. The molecule has 0 atom stereocenters. The van der Waals surface area contributed by atoms with Crippen molar-refractivity contribution >= 4 is 22.6 Å². The topological polar surface area (TPSA) is 51.5 Å². The van der Waals surface area contributed by atoms with Gasteiger partial charge >= 0.3 is 0 Å². The Morgan fingerprint density at radius 1 is 1.17 bits per heavy atom. The maximum absolute atomic E-state index is 12.2. The minimum atomic E-state index is -0.0718. The smallest absolute Gasteiger partial charge is 0.228 e. The maximum Gasteiger partial charge on any atom is 0.228 e. The van der Waals surface area contributed by atoms with Crippen LogP contribution in [0.1, 0.15) is 18.1 Å². The summed E-state index contributed by atoms with van der Waals surface area (Å²) in [5.74, 6) is 0.688. The Hall–Kier alpha value is -2.75. The van der Waals surface area contributed by atoms with E-state index in [1.807, 2.05) is 36.4 Å². The molecule has 1 N–H and O–H groups in total. The number of rotatable bonds is 5. The van der Waals surface area contributed by atoms with Crippen LogP contribution in [0.25, 0.3) is 11.0 Å². The third-order valence-corrected chi connectivity index (χ3v) is 3.85. The summed E-state index contributed by atoms with van der Waals surface area (Å²) in [7, 11) is 1.61. The zero-order valence-electron chi connectivity index (χ0n) is 13.3. The summed E-state index contributed by atoms with van der Waals surface area (Å²) < 4.78 is 10.7. The number of benzene rings is 2. The van der Waals surface area contributed by atoms with Crippen molar-refractivity contribution in [2.45, 2.75) is 19.8 Å². The SMILES string of the molecule is CCc1ccc2c(CC(=O)Nc3ccc(OC)cc3)coc2c1. The molecule has 3 aromatic rings. The number of nitrogens with one attached hydrogen (secondary N) is 1. The second kappa shape index (κ2) is 6.57. The Morgan fingerprint density at radius 3 is 2.65 bits per heavy atom. The van der Waals surface area contributed by atoms with Gasteiger partial charge in [-0.05, 0) is 42.3 Å². The number of amides is 1. The molecular formula is C19H19NO3. The fourth-order valence-corrected chi connectivity index (χ4v) is 2.54. The van der Waals surface area contributed by atoms with Crippen molar-refractivity contribution in [3.8, 4) is 5.75 Å². The van der Waals surface area contributed by atoms with E-state index in [4.69, 9.17) is 9.15 Å². The molecule has 118 valence electrons. The summed E-state index contributed by atoms with van der Waals surface area (Å²) >= 11 is 0. The van der Waals surface area contributed by atoms with Gasteiger partial charge in [0.25, 0.3) is 0 Å². The van der Waals surface area contributed by atoms with Gasteiger partial charge in [0, 0.05) is 16.6 Å². The second-order valence-corrected chi connectivity index (χ2v) is 5.40. The Labute approximate surface area is 135 Å². The van der Waals surface area contributed by atoms with E-state index in [1.165, 1.54) is 5.56 Å². The van der Waals surface area contributed by atoms with Gasteiger partial charge in [-0.15, -0.1) is 0 Å². The van der Waals surface area contributed by atoms with Crippen molar-refractivity contribution in [2.24, 2.45) is 0 Å². The third kappa shape index (κ3) is 3.37. The van der Waals surface area contributed by atoms with Gasteiger partial charge in [0.15, 0.2) is 0 Å². The van der Waals surface area contributed by atoms with E-state index in [0.717, 1.165) is 34.4 Å². The number of carbonyl (C=O) groups excluding carboxylic acids is 1. The lowest BCUT2D eigenvalue weighted by atomic mass is 10.1. The molecule has 0 aliphatic heterocycles. The number of carbonyl (C=O) groups is 1. The lowest BCUT2D eigenvalue weighted by molar-refractivity contribution is -0.115. The van der Waals surface area contributed by atoms with E-state index in [9.17, 15) is 4.79 Å². The zero-order valence-corrected chi connectivity index (χ0v) is 13.3. The van der Waals surface area contributed by atoms with Gasteiger partial charge in [0.05, 0.1) is 19.8 Å². The largest absolute Gasteiger partial charge is 0.497 e. The lowest BCUT2D eigenvalue weighted by Gasteiger charge is -2.06. The number of anilines is 1. The van der Waals surface area contributed by atoms with Crippen LogP contribution < -0.4 is 10.1 Å². The summed E-state index contributed by atoms with van der Waals surface area (Å²) in [4.78, 5) is 12.2. The van der Waals surface area contributed by atoms with Gasteiger partial charge in [-0.2, -0.15) is 0 Å². The maximum atomic E-state index is 12.2. The predicted molar refractivity (Wildman–Crippen MR) is 90.9 cm³/mol. The first kappa shape index (κ1) is 15.2. The normalized spacial score (nSPS) is 10.7. The standard InChI is InChI=1S/C19H19NO3/c1-3-13-4-9-17-14(12-23-18(17)10-13)11-19(21)20-15-5-7-16(22-2)8-6-15/h4-10,12H,3,11H2,1-2H3,(H,20,21). The fraction of sp³-hybridized carbons (Fsp3) is 0.211. The number of fused-ring (bicyclic) bond motifs is 1. The number of furan rings is 1. The average molecular weight is 309 g/mol. The van der Waals surface area contributed by atoms with Gasteiger partial charge in [-0.25, -0.2) is 0 Å². The summed E-state index contributed by atoms with van der Waals surface area (Å²) in [6.45, 7) is 2.10. The molecule has 1 aromatic heterocycles. The van der Waals surface area contributed by atoms with E-state index in [-0.39, 0.29) is 12.3 Å². The molecule has 0 saturated heterocycles. The van der Waals surface area contributed by atoms with Crippen LogP contribution in [-0.2, 0) is 17.6 Å². The molecule has 0 radical (unpaired) electrons. The third-order valence-electron chi connectivity index (χ3n) is 3.85. The van der Waals surface area contributed by atoms with Crippen molar-refractivity contribution in [1.82, 2.24) is 0 Å². The first-order valence-electron chi connectivity index (χ1n) is 7.62. The van der Waals surface area contributed by atoms with E-state index in [0.29, 0.717) is 0 Å². The lowest BCUT2D eigenvalue weighted by Crippen LogP contribution is -2.14. The Kier molecular flexibility index (Phi) is 4.33. The highest BCUT2D eigenvalue weighted by Crippen LogP contribution is 2.23. The van der Waals surface area contributed by atoms with Crippen molar-refractivity contribution in [3.63, 3.8) is 0 Å². The minimum absolute atomic E-state index is 0.0718. The zero-order chi connectivity index (χ0) is 16.2. The molecule has 0 bridgehead atoms. The van der Waals surface area contributed by atoms with E-state index in [1.54, 1.807) is 13.4 Å². The predicted octanol–water partition coefficient (Wildman–Crippen LogP) is 4.19. The number of hydrogen-bond donors (Lipinski definition) is 1. The highest BCUT2D eigenvalue weighted by molar-refractivity contribution is 5.95. The van der Waals surface area contributed by atoms with Gasteiger partial charge in [0.1, 0.15) is 11.3 Å². The molecule has 0 unspecified atom stereocenters. The van der Waals surface area contributed by atoms with Gasteiger partial charge in [0.2, 0.25) is 5.91 Å². The molecule has 23 heavy (non-hydrogen) atoms. The van der Waals surface area contributed by atoms with E-state index >= 15 is 0 Å². The molecule has 1 amide bonds. The molecule has 0 saturated carbocycles. The molecule has 0 fully saturated rings. The first-order valence-corrected chi connectivity index (χ1v) is 7.62. The van der Waals surface area contributed by atoms with Crippen LogP contribution in [0.5, 0.6) is 5.75 Å². The molecule has 0 aliphatic carbocycles. The Balaban J connectivity index is 1.72. The fourth-order valence-electron chi connectivity index (χ4n) is 2.54. The van der Waals surface area contributed by atoms with E-state index in [2.05, 4.69) is 18.3 Å². The summed E-state index contributed by atoms with van der Waals surface area (Å²) in [6.07, 6.45) is 2.91. The number of aryl methyl sites for hydroxylation is 1. The molecule has 1 heterocycles. The quantitative estimate of drug-likeness (QED) is 0.769. The minimum Gasteiger partial charge on any atom is -0.497 e. The molecule has 0 spiro atoms.